The number of aryl methyl sites for hydroxylation is 2. The average molecular weight is 284 g/mol. The summed E-state index contributed by atoms with van der Waals surface area (Å²) < 4.78 is 2.14. The Morgan fingerprint density at radius 1 is 1.10 bits per heavy atom. The molecular formula is C17H16ClN2+. The molecule has 0 aliphatic rings. The van der Waals surface area contributed by atoms with Crippen molar-refractivity contribution in [2.45, 2.75) is 20.4 Å². The fraction of sp³-hybridized carbons (Fsp3) is 0.176. The van der Waals surface area contributed by atoms with Gasteiger partial charge in [0, 0.05) is 17.0 Å². The predicted molar refractivity (Wildman–Crippen MR) is 82.0 cm³/mol. The van der Waals surface area contributed by atoms with Gasteiger partial charge < -0.3 is 0 Å². The van der Waals surface area contributed by atoms with Crippen LogP contribution in [0.4, 0.5) is 0 Å². The Labute approximate surface area is 123 Å². The van der Waals surface area contributed by atoms with Crippen molar-refractivity contribution in [2.75, 3.05) is 0 Å². The van der Waals surface area contributed by atoms with Crippen LogP contribution in [0, 0.1) is 13.8 Å². The minimum absolute atomic E-state index is 0.578. The zero-order chi connectivity index (χ0) is 14.1. The number of hydrogen-bond donors (Lipinski definition) is 0. The van der Waals surface area contributed by atoms with Gasteiger partial charge in [0.15, 0.2) is 18.9 Å². The van der Waals surface area contributed by atoms with Crippen molar-refractivity contribution in [3.8, 4) is 0 Å². The van der Waals surface area contributed by atoms with Gasteiger partial charge in [-0.2, -0.15) is 0 Å². The number of fused-ring (bicyclic) bond motifs is 1. The molecule has 3 heteroatoms. The number of para-hydroxylation sites is 1. The molecule has 0 amide bonds. The zero-order valence-corrected chi connectivity index (χ0v) is 12.4. The summed E-state index contributed by atoms with van der Waals surface area (Å²) in [5.74, 6) is 0. The molecule has 0 atom stereocenters. The molecule has 0 spiro atoms. The largest absolute Gasteiger partial charge is 0.236 e. The standard InChI is InChI=1S/C17H16ClN2/c1-12-7-8-20(10-13(12)2)11-15-9-14-5-3-4-6-16(14)19-17(15)18/h3-10H,11H2,1-2H3/q+1. The molecule has 2 aromatic heterocycles. The van der Waals surface area contributed by atoms with Crippen LogP contribution < -0.4 is 4.57 Å². The van der Waals surface area contributed by atoms with Crippen LogP contribution in [0.5, 0.6) is 0 Å². The summed E-state index contributed by atoms with van der Waals surface area (Å²) in [6, 6.07) is 12.3. The fourth-order valence-electron chi connectivity index (χ4n) is 2.27. The molecule has 3 aromatic rings. The summed E-state index contributed by atoms with van der Waals surface area (Å²) in [5, 5.41) is 1.70. The molecule has 3 rings (SSSR count). The van der Waals surface area contributed by atoms with Crippen LogP contribution in [0.2, 0.25) is 5.15 Å². The van der Waals surface area contributed by atoms with Crippen molar-refractivity contribution in [3.63, 3.8) is 0 Å². The van der Waals surface area contributed by atoms with Gasteiger partial charge >= 0.3 is 0 Å². The molecule has 0 saturated carbocycles. The van der Waals surface area contributed by atoms with E-state index >= 15 is 0 Å². The molecule has 0 radical (unpaired) electrons. The second kappa shape index (κ2) is 5.22. The molecule has 0 N–H and O–H groups in total. The summed E-state index contributed by atoms with van der Waals surface area (Å²) in [4.78, 5) is 4.46. The summed E-state index contributed by atoms with van der Waals surface area (Å²) in [5.41, 5.74) is 4.55. The average Bonchev–Trinajstić information content (AvgIpc) is 2.44. The van der Waals surface area contributed by atoms with Crippen molar-refractivity contribution in [1.82, 2.24) is 4.98 Å². The molecule has 0 unspecified atom stereocenters. The SMILES string of the molecule is Cc1cc[n+](Cc2cc3ccccc3nc2Cl)cc1C. The van der Waals surface area contributed by atoms with Crippen molar-refractivity contribution in [3.05, 3.63) is 70.6 Å². The third-order valence-corrected chi connectivity index (χ3v) is 3.93. The van der Waals surface area contributed by atoms with E-state index in [9.17, 15) is 0 Å². The van der Waals surface area contributed by atoms with Gasteiger partial charge in [0.05, 0.1) is 11.1 Å². The van der Waals surface area contributed by atoms with Crippen molar-refractivity contribution < 1.29 is 4.57 Å². The predicted octanol–water partition coefficient (Wildman–Crippen LogP) is 3.84. The molecular weight excluding hydrogens is 268 g/mol. The van der Waals surface area contributed by atoms with E-state index in [-0.39, 0.29) is 0 Å². The lowest BCUT2D eigenvalue weighted by Crippen LogP contribution is -2.34. The Bertz CT molecular complexity index is 781. The quantitative estimate of drug-likeness (QED) is 0.516. The first-order valence-corrected chi connectivity index (χ1v) is 7.02. The fourth-order valence-corrected chi connectivity index (χ4v) is 2.48. The lowest BCUT2D eigenvalue weighted by molar-refractivity contribution is -0.688. The molecule has 2 heterocycles. The van der Waals surface area contributed by atoms with E-state index < -0.39 is 0 Å². The third kappa shape index (κ3) is 2.52. The Morgan fingerprint density at radius 3 is 2.70 bits per heavy atom. The highest BCUT2D eigenvalue weighted by molar-refractivity contribution is 6.30. The normalized spacial score (nSPS) is 10.9. The van der Waals surface area contributed by atoms with E-state index in [4.69, 9.17) is 11.6 Å². The molecule has 0 aliphatic heterocycles. The van der Waals surface area contributed by atoms with Crippen LogP contribution in [0.1, 0.15) is 16.7 Å². The molecule has 100 valence electrons. The molecule has 0 fully saturated rings. The van der Waals surface area contributed by atoms with E-state index in [1.807, 2.05) is 18.2 Å². The maximum Gasteiger partial charge on any atom is 0.176 e. The summed E-state index contributed by atoms with van der Waals surface area (Å²) in [6.45, 7) is 4.97. The van der Waals surface area contributed by atoms with E-state index in [1.54, 1.807) is 0 Å². The van der Waals surface area contributed by atoms with Crippen LogP contribution in [0.25, 0.3) is 10.9 Å². The maximum absolute atomic E-state index is 6.30. The topological polar surface area (TPSA) is 16.8 Å². The van der Waals surface area contributed by atoms with Gasteiger partial charge in [0.2, 0.25) is 0 Å². The highest BCUT2D eigenvalue weighted by Crippen LogP contribution is 2.20. The Kier molecular flexibility index (Phi) is 3.41. The summed E-state index contributed by atoms with van der Waals surface area (Å²) >= 11 is 6.30. The minimum Gasteiger partial charge on any atom is -0.236 e. The number of benzene rings is 1. The van der Waals surface area contributed by atoms with Crippen LogP contribution >= 0.6 is 11.6 Å². The van der Waals surface area contributed by atoms with E-state index in [0.29, 0.717) is 5.15 Å². The van der Waals surface area contributed by atoms with Crippen molar-refractivity contribution in [1.29, 1.82) is 0 Å². The first-order chi connectivity index (χ1) is 9.63. The third-order valence-electron chi connectivity index (χ3n) is 3.60. The summed E-state index contributed by atoms with van der Waals surface area (Å²) in [6.07, 6.45) is 4.22. The first kappa shape index (κ1) is 13.1. The second-order valence-corrected chi connectivity index (χ2v) is 5.47. The molecule has 0 bridgehead atoms. The van der Waals surface area contributed by atoms with E-state index in [0.717, 1.165) is 23.0 Å². The lowest BCUT2D eigenvalue weighted by Gasteiger charge is -2.05. The van der Waals surface area contributed by atoms with Crippen molar-refractivity contribution in [2.24, 2.45) is 0 Å². The van der Waals surface area contributed by atoms with Gasteiger partial charge in [-0.05, 0) is 31.5 Å². The van der Waals surface area contributed by atoms with Gasteiger partial charge in [0.25, 0.3) is 0 Å². The van der Waals surface area contributed by atoms with Crippen LogP contribution in [-0.2, 0) is 6.54 Å². The lowest BCUT2D eigenvalue weighted by atomic mass is 10.1. The molecule has 20 heavy (non-hydrogen) atoms. The van der Waals surface area contributed by atoms with Crippen molar-refractivity contribution >= 4 is 22.5 Å². The van der Waals surface area contributed by atoms with Crippen LogP contribution in [0.15, 0.2) is 48.8 Å². The van der Waals surface area contributed by atoms with Crippen LogP contribution in [-0.4, -0.2) is 4.98 Å². The monoisotopic (exact) mass is 283 g/mol. The number of aromatic nitrogens is 2. The highest BCUT2D eigenvalue weighted by Gasteiger charge is 2.10. The van der Waals surface area contributed by atoms with Gasteiger partial charge in [-0.3, -0.25) is 0 Å². The first-order valence-electron chi connectivity index (χ1n) is 6.64. The number of hydrogen-bond acceptors (Lipinski definition) is 1. The minimum atomic E-state index is 0.578. The second-order valence-electron chi connectivity index (χ2n) is 5.11. The van der Waals surface area contributed by atoms with Gasteiger partial charge in [0.1, 0.15) is 5.15 Å². The summed E-state index contributed by atoms with van der Waals surface area (Å²) in [7, 11) is 0. The number of halogens is 1. The number of rotatable bonds is 2. The smallest absolute Gasteiger partial charge is 0.176 e. The van der Waals surface area contributed by atoms with Gasteiger partial charge in [-0.25, -0.2) is 9.55 Å². The number of pyridine rings is 2. The highest BCUT2D eigenvalue weighted by atomic mass is 35.5. The molecule has 0 aliphatic carbocycles. The molecule has 0 saturated heterocycles. The zero-order valence-electron chi connectivity index (χ0n) is 11.6. The van der Waals surface area contributed by atoms with Gasteiger partial charge in [-0.15, -0.1) is 0 Å². The Hall–Kier alpha value is -1.93. The van der Waals surface area contributed by atoms with E-state index in [1.165, 1.54) is 11.1 Å². The van der Waals surface area contributed by atoms with Gasteiger partial charge in [-0.1, -0.05) is 29.8 Å². The number of nitrogens with zero attached hydrogens (tertiary/aromatic N) is 2. The maximum atomic E-state index is 6.30. The Morgan fingerprint density at radius 2 is 1.90 bits per heavy atom. The van der Waals surface area contributed by atoms with E-state index in [2.05, 4.69) is 54.0 Å². The van der Waals surface area contributed by atoms with Crippen LogP contribution in [0.3, 0.4) is 0 Å². The molecule has 1 aromatic carbocycles. The Balaban J connectivity index is 2.01. The molecule has 2 nitrogen and oxygen atoms in total.